The number of imide groups is 1. The molecular weight excluding hydrogens is 667 g/mol. The Hall–Kier alpha value is -3.63. The average Bonchev–Trinajstić information content (AvgIpc) is 3.21. The molecule has 1 unspecified atom stereocenters. The van der Waals surface area contributed by atoms with Crippen LogP contribution in [0.25, 0.3) is 0 Å². The number of carbonyl (C=O) groups is 4. The second-order valence-electron chi connectivity index (χ2n) is 9.77. The predicted octanol–water partition coefficient (Wildman–Crippen LogP) is 3.14. The van der Waals surface area contributed by atoms with Crippen LogP contribution in [0.2, 0.25) is 0 Å². The number of carbonyl (C=O) groups excluding carboxylic acids is 4. The first kappa shape index (κ1) is 36.8. The number of amides is 3. The summed E-state index contributed by atoms with van der Waals surface area (Å²) in [6, 6.07) is 7.41. The van der Waals surface area contributed by atoms with Crippen LogP contribution in [-0.2, 0) is 57.5 Å². The molecule has 15 nitrogen and oxygen atoms in total. The van der Waals surface area contributed by atoms with Crippen LogP contribution in [0.15, 0.2) is 58.3 Å². The molecule has 1 aliphatic rings. The van der Waals surface area contributed by atoms with Gasteiger partial charge in [0.1, 0.15) is 0 Å². The van der Waals surface area contributed by atoms with E-state index >= 15 is 0 Å². The Morgan fingerprint density at radius 1 is 0.739 bits per heavy atom. The lowest BCUT2D eigenvalue weighted by Gasteiger charge is -2.38. The number of rotatable bonds is 14. The Kier molecular flexibility index (Phi) is 11.2. The Balaban J connectivity index is 2.60. The molecule has 2 atom stereocenters. The van der Waals surface area contributed by atoms with Gasteiger partial charge >= 0.3 is 25.6 Å². The van der Waals surface area contributed by atoms with Gasteiger partial charge in [0.2, 0.25) is 5.66 Å². The third-order valence-corrected chi connectivity index (χ3v) is 12.6. The molecule has 1 fully saturated rings. The number of esters is 2. The minimum atomic E-state index is -5.46. The van der Waals surface area contributed by atoms with E-state index in [2.05, 4.69) is 0 Å². The van der Waals surface area contributed by atoms with E-state index in [4.69, 9.17) is 18.5 Å². The van der Waals surface area contributed by atoms with Gasteiger partial charge in [0.15, 0.2) is 0 Å². The second-order valence-corrected chi connectivity index (χ2v) is 15.5. The lowest BCUT2D eigenvalue weighted by atomic mass is 9.94. The molecule has 18 heteroatoms. The smallest absolute Gasteiger partial charge is 0.356 e. The van der Waals surface area contributed by atoms with E-state index in [0.717, 1.165) is 24.3 Å². The van der Waals surface area contributed by atoms with Crippen molar-refractivity contribution in [2.24, 2.45) is 0 Å². The fourth-order valence-corrected chi connectivity index (χ4v) is 10.0. The van der Waals surface area contributed by atoms with E-state index in [1.807, 2.05) is 0 Å². The molecule has 46 heavy (non-hydrogen) atoms. The lowest BCUT2D eigenvalue weighted by molar-refractivity contribution is -0.163. The molecule has 0 N–H and O–H groups in total. The van der Waals surface area contributed by atoms with Crippen molar-refractivity contribution in [3.05, 3.63) is 59.7 Å². The molecule has 2 aromatic rings. The fourth-order valence-electron chi connectivity index (χ4n) is 4.74. The first-order valence-corrected chi connectivity index (χ1v) is 18.6. The van der Waals surface area contributed by atoms with Crippen molar-refractivity contribution in [2.45, 2.75) is 62.5 Å². The van der Waals surface area contributed by atoms with Crippen molar-refractivity contribution in [1.82, 2.24) is 8.61 Å². The highest BCUT2D eigenvalue weighted by molar-refractivity contribution is 7.91. The monoisotopic (exact) mass is 702 g/mol. The number of benzene rings is 2. The van der Waals surface area contributed by atoms with E-state index in [-0.39, 0.29) is 4.31 Å². The minimum absolute atomic E-state index is 0.386. The molecule has 0 radical (unpaired) electrons. The zero-order valence-corrected chi connectivity index (χ0v) is 28.5. The summed E-state index contributed by atoms with van der Waals surface area (Å²) in [6.45, 7) is 6.52. The van der Waals surface area contributed by atoms with E-state index in [1.165, 1.54) is 52.0 Å². The van der Waals surface area contributed by atoms with Crippen molar-refractivity contribution in [2.75, 3.05) is 26.4 Å². The van der Waals surface area contributed by atoms with Crippen molar-refractivity contribution < 1.29 is 59.1 Å². The Morgan fingerprint density at radius 3 is 1.59 bits per heavy atom. The van der Waals surface area contributed by atoms with Crippen LogP contribution in [0.3, 0.4) is 0 Å². The van der Waals surface area contributed by atoms with Gasteiger partial charge < -0.3 is 18.5 Å². The maximum Gasteiger partial charge on any atom is 0.356 e. The molecule has 0 saturated carbocycles. The maximum absolute atomic E-state index is 14.7. The van der Waals surface area contributed by atoms with Gasteiger partial charge in [-0.05, 0) is 65.8 Å². The first-order valence-electron chi connectivity index (χ1n) is 14.1. The first-order chi connectivity index (χ1) is 21.5. The van der Waals surface area contributed by atoms with Crippen LogP contribution in [0, 0.1) is 13.8 Å². The number of urea groups is 1. The zero-order valence-electron chi connectivity index (χ0n) is 26.0. The zero-order chi connectivity index (χ0) is 34.7. The summed E-state index contributed by atoms with van der Waals surface area (Å²) in [5.41, 5.74) is -5.54. The van der Waals surface area contributed by atoms with Crippen LogP contribution in [0.4, 0.5) is 4.79 Å². The number of sulfonamides is 2. The standard InChI is InChI=1S/C28H35N2O13PS2/c1-7-40-24(31)23(44(35,42-9-3)43-10-4)28(26(33)41-8-2)25(32)29(45(36,37)21-15-11-19(5)12-16-21)27(34)30(28)46(38,39)22-17-13-20(6)14-18-22/h11-18,23H,7-10H2,1-6H3/t23?,28-/m0/s1. The van der Waals surface area contributed by atoms with Crippen LogP contribution in [0.1, 0.15) is 38.8 Å². The third kappa shape index (κ3) is 6.21. The van der Waals surface area contributed by atoms with E-state index < -0.39 is 103 Å². The van der Waals surface area contributed by atoms with Crippen LogP contribution >= 0.6 is 7.60 Å². The molecular formula is C28H35N2O13PS2. The highest BCUT2D eigenvalue weighted by atomic mass is 32.2. The molecule has 2 aromatic carbocycles. The SMILES string of the molecule is CCOC(=O)C([C@@]1(C(=O)OCC)C(=O)N(S(=O)(=O)c2ccc(C)cc2)C(=O)N1S(=O)(=O)c1ccc(C)cc1)P(=O)(OCC)OCC. The quantitative estimate of drug-likeness (QED) is 0.121. The summed E-state index contributed by atoms with van der Waals surface area (Å²) in [6.07, 6.45) is 0. The topological polar surface area (TPSA) is 197 Å². The molecule has 0 spiro atoms. The molecule has 1 heterocycles. The highest BCUT2D eigenvalue weighted by Crippen LogP contribution is 2.60. The maximum atomic E-state index is 14.7. The van der Waals surface area contributed by atoms with Crippen molar-refractivity contribution in [1.29, 1.82) is 0 Å². The summed E-state index contributed by atoms with van der Waals surface area (Å²) in [4.78, 5) is 55.6. The minimum Gasteiger partial charge on any atom is -0.465 e. The summed E-state index contributed by atoms with van der Waals surface area (Å²) in [7, 11) is -16.0. The van der Waals surface area contributed by atoms with E-state index in [9.17, 15) is 40.6 Å². The Bertz CT molecular complexity index is 1750. The largest absolute Gasteiger partial charge is 0.465 e. The number of aryl methyl sites for hydroxylation is 2. The number of hydrogen-bond donors (Lipinski definition) is 0. The van der Waals surface area contributed by atoms with Gasteiger partial charge in [0, 0.05) is 0 Å². The van der Waals surface area contributed by atoms with Crippen LogP contribution < -0.4 is 0 Å². The molecule has 0 bridgehead atoms. The van der Waals surface area contributed by atoms with Crippen molar-refractivity contribution in [3.63, 3.8) is 0 Å². The van der Waals surface area contributed by atoms with Crippen molar-refractivity contribution in [3.8, 4) is 0 Å². The van der Waals surface area contributed by atoms with Gasteiger partial charge in [-0.1, -0.05) is 35.4 Å². The summed E-state index contributed by atoms with van der Waals surface area (Å²) in [5.74, 6) is -5.64. The van der Waals surface area contributed by atoms with Gasteiger partial charge in [-0.2, -0.15) is 4.31 Å². The molecule has 0 aromatic heterocycles. The lowest BCUT2D eigenvalue weighted by Crippen LogP contribution is -2.67. The van der Waals surface area contributed by atoms with Gasteiger partial charge in [-0.15, -0.1) is 4.31 Å². The molecule has 1 saturated heterocycles. The van der Waals surface area contributed by atoms with Gasteiger partial charge in [-0.25, -0.2) is 26.4 Å². The predicted molar refractivity (Wildman–Crippen MR) is 161 cm³/mol. The fraction of sp³-hybridized carbons (Fsp3) is 0.429. The van der Waals surface area contributed by atoms with Gasteiger partial charge in [-0.3, -0.25) is 14.2 Å². The number of hydrogen-bond acceptors (Lipinski definition) is 13. The third-order valence-electron chi connectivity index (χ3n) is 6.72. The molecule has 252 valence electrons. The summed E-state index contributed by atoms with van der Waals surface area (Å²) in [5, 5.41) is 0. The highest BCUT2D eigenvalue weighted by Gasteiger charge is 2.79. The van der Waals surface area contributed by atoms with E-state index in [1.54, 1.807) is 13.8 Å². The molecule has 3 rings (SSSR count). The van der Waals surface area contributed by atoms with Gasteiger partial charge in [0.25, 0.3) is 31.5 Å². The Labute approximate surface area is 267 Å². The normalized spacial score (nSPS) is 18.0. The van der Waals surface area contributed by atoms with Crippen molar-refractivity contribution >= 4 is 51.5 Å². The summed E-state index contributed by atoms with van der Waals surface area (Å²) < 4.78 is 91.2. The molecule has 0 aliphatic carbocycles. The average molecular weight is 703 g/mol. The second kappa shape index (κ2) is 14.0. The summed E-state index contributed by atoms with van der Waals surface area (Å²) >= 11 is 0. The number of nitrogens with zero attached hydrogens (tertiary/aromatic N) is 2. The van der Waals surface area contributed by atoms with E-state index in [0.29, 0.717) is 11.1 Å². The van der Waals surface area contributed by atoms with Crippen LogP contribution in [-0.4, -0.2) is 86.9 Å². The molecule has 1 aliphatic heterocycles. The number of ether oxygens (including phenoxy) is 2. The Morgan fingerprint density at radius 2 is 1.17 bits per heavy atom. The molecule has 3 amide bonds. The van der Waals surface area contributed by atoms with Gasteiger partial charge in [0.05, 0.1) is 36.2 Å². The van der Waals surface area contributed by atoms with Crippen LogP contribution in [0.5, 0.6) is 0 Å².